The molecule has 4 heteroatoms. The molecule has 177 valence electrons. The Labute approximate surface area is 211 Å². The van der Waals surface area contributed by atoms with Crippen molar-refractivity contribution >= 4 is 0 Å². The first kappa shape index (κ1) is 25.8. The van der Waals surface area contributed by atoms with Crippen LogP contribution in [0.2, 0.25) is 0 Å². The predicted molar refractivity (Wildman–Crippen MR) is 130 cm³/mol. The Balaban J connectivity index is 0.000000186. The van der Waals surface area contributed by atoms with Gasteiger partial charge in [0.05, 0.1) is 12.2 Å². The molecule has 2 saturated carbocycles. The molecule has 2 aliphatic rings. The molecule has 0 bridgehead atoms. The van der Waals surface area contributed by atoms with E-state index in [9.17, 15) is 10.2 Å². The number of pyridine rings is 1. The monoisotopic (exact) mass is 621 g/mol. The van der Waals surface area contributed by atoms with E-state index in [4.69, 9.17) is 0 Å². The maximum Gasteiger partial charge on any atom is 0.0595 e. The second-order valence-electron chi connectivity index (χ2n) is 9.12. The number of nitrogens with zero attached hydrogens (tertiary/aromatic N) is 1. The van der Waals surface area contributed by atoms with Crippen LogP contribution in [0.3, 0.4) is 0 Å². The Kier molecular flexibility index (Phi) is 10.3. The molecule has 2 fully saturated rings. The van der Waals surface area contributed by atoms with Crippen molar-refractivity contribution in [1.29, 1.82) is 0 Å². The SMILES string of the molecule is OC1CCCCC2CCCCC(O)C12.[Ir].[c-]1ccccc1-c1ccc(-c2ccccc2)cn1. The molecule has 0 amide bonds. The number of aliphatic hydroxyl groups is 2. The number of aromatic nitrogens is 1. The van der Waals surface area contributed by atoms with E-state index in [-0.39, 0.29) is 38.2 Å². The van der Waals surface area contributed by atoms with E-state index in [1.807, 2.05) is 54.7 Å². The summed E-state index contributed by atoms with van der Waals surface area (Å²) >= 11 is 0. The van der Waals surface area contributed by atoms with Gasteiger partial charge in [-0.3, -0.25) is 0 Å². The summed E-state index contributed by atoms with van der Waals surface area (Å²) in [7, 11) is 0. The van der Waals surface area contributed by atoms with Gasteiger partial charge in [0.1, 0.15) is 0 Å². The molecular weight excluding hydrogens is 587 g/mol. The van der Waals surface area contributed by atoms with Gasteiger partial charge in [-0.05, 0) is 48.4 Å². The van der Waals surface area contributed by atoms with Crippen LogP contribution in [0.1, 0.15) is 51.4 Å². The Bertz CT molecular complexity index is 856. The summed E-state index contributed by atoms with van der Waals surface area (Å²) in [6, 6.07) is 25.5. The topological polar surface area (TPSA) is 53.4 Å². The Morgan fingerprint density at radius 3 is 1.91 bits per heavy atom. The van der Waals surface area contributed by atoms with Gasteiger partial charge in [0.25, 0.3) is 0 Å². The van der Waals surface area contributed by atoms with Crippen molar-refractivity contribution in [3.05, 3.63) is 79.0 Å². The molecule has 2 N–H and O–H groups in total. The van der Waals surface area contributed by atoms with Crippen LogP contribution in [0, 0.1) is 17.9 Å². The Hall–Kier alpha value is -1.84. The fourth-order valence-electron chi connectivity index (χ4n) is 5.23. The maximum absolute atomic E-state index is 10.0. The molecule has 2 atom stereocenters. The second-order valence-corrected chi connectivity index (χ2v) is 9.12. The summed E-state index contributed by atoms with van der Waals surface area (Å²) in [5.74, 6) is 0.769. The molecule has 1 radical (unpaired) electrons. The minimum Gasteiger partial charge on any atom is -0.393 e. The first-order valence-electron chi connectivity index (χ1n) is 12.1. The number of hydrogen-bond donors (Lipinski definition) is 2. The molecule has 1 heterocycles. The summed E-state index contributed by atoms with van der Waals surface area (Å²) in [4.78, 5) is 4.49. The normalized spacial score (nSPS) is 24.7. The standard InChI is InChI=1S/C17H12N.C12H22O2.Ir/c1-3-7-14(8-4-1)16-11-12-17(18-13-16)15-9-5-2-6-10-15;13-10-7-3-1-5-9-6-2-4-8-11(14)12(9)10;/h1-9,11-13H;9-14H,1-8H2;/q-1;;. The van der Waals surface area contributed by atoms with Gasteiger partial charge in [0.2, 0.25) is 0 Å². The molecule has 3 aromatic rings. The van der Waals surface area contributed by atoms with Crippen LogP contribution in [0.15, 0.2) is 72.9 Å². The van der Waals surface area contributed by atoms with Crippen molar-refractivity contribution < 1.29 is 30.3 Å². The van der Waals surface area contributed by atoms with E-state index < -0.39 is 0 Å². The number of fused-ring (bicyclic) bond motifs is 1. The zero-order valence-corrected chi connectivity index (χ0v) is 21.5. The van der Waals surface area contributed by atoms with E-state index in [2.05, 4.69) is 29.2 Å². The van der Waals surface area contributed by atoms with Gasteiger partial charge in [0, 0.05) is 32.2 Å². The van der Waals surface area contributed by atoms with Crippen molar-refractivity contribution in [2.24, 2.45) is 11.8 Å². The van der Waals surface area contributed by atoms with Gasteiger partial charge in [-0.25, -0.2) is 0 Å². The number of benzene rings is 2. The van der Waals surface area contributed by atoms with Crippen LogP contribution in [0.4, 0.5) is 0 Å². The van der Waals surface area contributed by atoms with Gasteiger partial charge in [0.15, 0.2) is 0 Å². The van der Waals surface area contributed by atoms with Crippen LogP contribution in [-0.2, 0) is 20.1 Å². The van der Waals surface area contributed by atoms with Crippen LogP contribution in [0.25, 0.3) is 22.4 Å². The first-order valence-corrected chi connectivity index (χ1v) is 12.1. The van der Waals surface area contributed by atoms with E-state index in [1.165, 1.54) is 31.2 Å². The van der Waals surface area contributed by atoms with Crippen molar-refractivity contribution in [2.75, 3.05) is 0 Å². The van der Waals surface area contributed by atoms with E-state index >= 15 is 0 Å². The van der Waals surface area contributed by atoms with E-state index in [0.29, 0.717) is 5.92 Å². The molecule has 2 unspecified atom stereocenters. The third-order valence-corrected chi connectivity index (χ3v) is 6.94. The molecule has 33 heavy (non-hydrogen) atoms. The Morgan fingerprint density at radius 1 is 0.697 bits per heavy atom. The van der Waals surface area contributed by atoms with Gasteiger partial charge >= 0.3 is 0 Å². The van der Waals surface area contributed by atoms with Gasteiger partial charge < -0.3 is 15.2 Å². The molecule has 0 spiro atoms. The van der Waals surface area contributed by atoms with Crippen LogP contribution < -0.4 is 0 Å². The second kappa shape index (κ2) is 13.2. The number of rotatable bonds is 2. The largest absolute Gasteiger partial charge is 0.393 e. The van der Waals surface area contributed by atoms with Crippen LogP contribution >= 0.6 is 0 Å². The summed E-state index contributed by atoms with van der Waals surface area (Å²) in [5, 5.41) is 20.0. The zero-order valence-electron chi connectivity index (χ0n) is 19.1. The third kappa shape index (κ3) is 7.07. The van der Waals surface area contributed by atoms with Gasteiger partial charge in [-0.15, -0.1) is 35.9 Å². The summed E-state index contributed by atoms with van der Waals surface area (Å²) in [6.07, 6.45) is 10.4. The average Bonchev–Trinajstić information content (AvgIpc) is 3.16. The molecular formula is C29H34IrNO2-. The minimum absolute atomic E-state index is 0. The fraction of sp³-hybridized carbons (Fsp3) is 0.414. The zero-order chi connectivity index (χ0) is 22.2. The quantitative estimate of drug-likeness (QED) is 0.331. The van der Waals surface area contributed by atoms with E-state index in [1.54, 1.807) is 0 Å². The summed E-state index contributed by atoms with van der Waals surface area (Å²) in [6.45, 7) is 0. The first-order chi connectivity index (χ1) is 15.7. The summed E-state index contributed by atoms with van der Waals surface area (Å²) < 4.78 is 0. The molecule has 5 rings (SSSR count). The third-order valence-electron chi connectivity index (χ3n) is 6.94. The van der Waals surface area contributed by atoms with Gasteiger partial charge in [-0.2, -0.15) is 0 Å². The molecule has 2 aliphatic carbocycles. The number of aliphatic hydroxyl groups excluding tert-OH is 2. The van der Waals surface area contributed by atoms with Crippen LogP contribution in [0.5, 0.6) is 0 Å². The Morgan fingerprint density at radius 2 is 1.33 bits per heavy atom. The smallest absolute Gasteiger partial charge is 0.0595 e. The van der Waals surface area contributed by atoms with Gasteiger partial charge in [-0.1, -0.05) is 68.1 Å². The molecule has 0 saturated heterocycles. The maximum atomic E-state index is 10.0. The van der Waals surface area contributed by atoms with E-state index in [0.717, 1.165) is 42.5 Å². The van der Waals surface area contributed by atoms with Crippen molar-refractivity contribution in [3.8, 4) is 22.4 Å². The van der Waals surface area contributed by atoms with Crippen molar-refractivity contribution in [2.45, 2.75) is 63.6 Å². The minimum atomic E-state index is -0.240. The fourth-order valence-corrected chi connectivity index (χ4v) is 5.23. The molecule has 2 aromatic carbocycles. The molecule has 3 nitrogen and oxygen atoms in total. The van der Waals surface area contributed by atoms with Crippen LogP contribution in [-0.4, -0.2) is 27.4 Å². The molecule has 0 aliphatic heterocycles. The molecule has 1 aromatic heterocycles. The average molecular weight is 621 g/mol. The van der Waals surface area contributed by atoms with Crippen molar-refractivity contribution in [1.82, 2.24) is 4.98 Å². The predicted octanol–water partition coefficient (Wildman–Crippen LogP) is 6.30. The summed E-state index contributed by atoms with van der Waals surface area (Å²) in [5.41, 5.74) is 4.30. The van der Waals surface area contributed by atoms with Crippen molar-refractivity contribution in [3.63, 3.8) is 0 Å². The number of hydrogen-bond acceptors (Lipinski definition) is 3.